The summed E-state index contributed by atoms with van der Waals surface area (Å²) in [5.41, 5.74) is 0.544. The zero-order valence-corrected chi connectivity index (χ0v) is 12.8. The largest absolute Gasteiger partial charge is 0.504 e. The van der Waals surface area contributed by atoms with Crippen LogP contribution in [0, 0.1) is 5.92 Å². The first-order valence-electron chi connectivity index (χ1n) is 7.15. The summed E-state index contributed by atoms with van der Waals surface area (Å²) in [6, 6.07) is 0. The van der Waals surface area contributed by atoms with E-state index in [0.717, 1.165) is 5.92 Å². The molecule has 0 amide bonds. The highest BCUT2D eigenvalue weighted by molar-refractivity contribution is 6.62. The number of hydrogen-bond donors (Lipinski definition) is 0. The summed E-state index contributed by atoms with van der Waals surface area (Å²) in [4.78, 5) is 0. The van der Waals surface area contributed by atoms with E-state index in [1.165, 1.54) is 25.7 Å². The average Bonchev–Trinajstić information content (AvgIpc) is 2.25. The topological polar surface area (TPSA) is 27.7 Å². The molecule has 0 N–H and O–H groups in total. The van der Waals surface area contributed by atoms with Gasteiger partial charge in [-0.1, -0.05) is 19.8 Å². The molecule has 0 saturated heterocycles. The highest BCUT2D eigenvalue weighted by Crippen LogP contribution is 2.49. The van der Waals surface area contributed by atoms with E-state index < -0.39 is 8.80 Å². The Morgan fingerprint density at radius 1 is 0.882 bits per heavy atom. The van der Waals surface area contributed by atoms with E-state index in [1.54, 1.807) is 0 Å². The lowest BCUT2D eigenvalue weighted by Gasteiger charge is -2.45. The molecule has 0 aromatic rings. The van der Waals surface area contributed by atoms with Gasteiger partial charge in [0.2, 0.25) is 0 Å². The predicted octanol–water partition coefficient (Wildman–Crippen LogP) is 3.62. The van der Waals surface area contributed by atoms with Gasteiger partial charge >= 0.3 is 8.80 Å². The van der Waals surface area contributed by atoms with Crippen molar-refractivity contribution >= 4 is 8.80 Å². The van der Waals surface area contributed by atoms with Crippen LogP contribution in [0.5, 0.6) is 0 Å². The van der Waals surface area contributed by atoms with Crippen molar-refractivity contribution in [1.82, 2.24) is 0 Å². The van der Waals surface area contributed by atoms with Gasteiger partial charge in [0.25, 0.3) is 0 Å². The van der Waals surface area contributed by atoms with Crippen molar-refractivity contribution in [2.24, 2.45) is 5.92 Å². The highest BCUT2D eigenvalue weighted by atomic mass is 28.4. The lowest BCUT2D eigenvalue weighted by molar-refractivity contribution is 0.0364. The molecule has 0 bridgehead atoms. The summed E-state index contributed by atoms with van der Waals surface area (Å²) in [6.45, 7) is 10.4. The average molecular weight is 260 g/mol. The minimum Gasteiger partial charge on any atom is -0.374 e. The molecule has 1 rings (SSSR count). The molecule has 2 atom stereocenters. The number of hydrogen-bond acceptors (Lipinski definition) is 3. The van der Waals surface area contributed by atoms with Gasteiger partial charge in [-0.25, -0.2) is 0 Å². The second-order valence-electron chi connectivity index (χ2n) is 4.64. The molecule has 1 aliphatic rings. The molecular formula is C13H28O3Si. The van der Waals surface area contributed by atoms with Crippen LogP contribution in [0.1, 0.15) is 53.4 Å². The van der Waals surface area contributed by atoms with Gasteiger partial charge in [0.1, 0.15) is 0 Å². The highest BCUT2D eigenvalue weighted by Gasteiger charge is 2.55. The monoisotopic (exact) mass is 260 g/mol. The molecular weight excluding hydrogens is 232 g/mol. The van der Waals surface area contributed by atoms with E-state index in [2.05, 4.69) is 6.92 Å². The van der Waals surface area contributed by atoms with E-state index in [0.29, 0.717) is 25.4 Å². The molecule has 0 spiro atoms. The van der Waals surface area contributed by atoms with E-state index in [4.69, 9.17) is 13.3 Å². The van der Waals surface area contributed by atoms with Gasteiger partial charge in [0.05, 0.1) is 0 Å². The Balaban J connectivity index is 2.71. The van der Waals surface area contributed by atoms with Gasteiger partial charge < -0.3 is 13.3 Å². The van der Waals surface area contributed by atoms with Gasteiger partial charge in [-0.15, -0.1) is 0 Å². The maximum Gasteiger partial charge on any atom is 0.504 e. The van der Waals surface area contributed by atoms with Crippen molar-refractivity contribution in [1.29, 1.82) is 0 Å². The van der Waals surface area contributed by atoms with Crippen molar-refractivity contribution in [3.63, 3.8) is 0 Å². The van der Waals surface area contributed by atoms with Gasteiger partial charge in [-0.2, -0.15) is 0 Å². The van der Waals surface area contributed by atoms with Crippen molar-refractivity contribution in [2.75, 3.05) is 19.8 Å². The lowest BCUT2D eigenvalue weighted by Crippen LogP contribution is -2.55. The molecule has 0 aliphatic heterocycles. The third kappa shape index (κ3) is 3.53. The quantitative estimate of drug-likeness (QED) is 0.593. The SMILES string of the molecule is CCCC1CCC1[Si](OCC)(OCC)OCC. The third-order valence-electron chi connectivity index (χ3n) is 3.57. The van der Waals surface area contributed by atoms with Gasteiger partial charge in [0, 0.05) is 25.4 Å². The zero-order valence-electron chi connectivity index (χ0n) is 11.8. The maximum atomic E-state index is 5.99. The Hall–Kier alpha value is 0.0969. The molecule has 102 valence electrons. The summed E-state index contributed by atoms with van der Waals surface area (Å²) >= 11 is 0. The predicted molar refractivity (Wildman–Crippen MR) is 72.0 cm³/mol. The molecule has 0 heterocycles. The molecule has 0 aromatic heterocycles. The fourth-order valence-electron chi connectivity index (χ4n) is 2.80. The summed E-state index contributed by atoms with van der Waals surface area (Å²) in [5, 5.41) is 0. The number of rotatable bonds is 9. The van der Waals surface area contributed by atoms with Crippen molar-refractivity contribution in [2.45, 2.75) is 58.9 Å². The van der Waals surface area contributed by atoms with Gasteiger partial charge in [-0.05, 0) is 39.5 Å². The fraction of sp³-hybridized carbons (Fsp3) is 1.00. The van der Waals surface area contributed by atoms with Crippen molar-refractivity contribution in [3.05, 3.63) is 0 Å². The Labute approximate surface area is 107 Å². The van der Waals surface area contributed by atoms with Crippen LogP contribution in [0.2, 0.25) is 5.54 Å². The second kappa shape index (κ2) is 7.51. The summed E-state index contributed by atoms with van der Waals surface area (Å²) in [7, 11) is -2.41. The Morgan fingerprint density at radius 3 is 1.71 bits per heavy atom. The minimum absolute atomic E-state index is 0.544. The van der Waals surface area contributed by atoms with Gasteiger partial charge in [-0.3, -0.25) is 0 Å². The Bertz CT molecular complexity index is 194. The van der Waals surface area contributed by atoms with E-state index in [-0.39, 0.29) is 0 Å². The Morgan fingerprint density at radius 2 is 1.41 bits per heavy atom. The molecule has 0 aromatic carbocycles. The molecule has 1 fully saturated rings. The van der Waals surface area contributed by atoms with Crippen LogP contribution >= 0.6 is 0 Å². The zero-order chi connectivity index (χ0) is 12.7. The summed E-state index contributed by atoms with van der Waals surface area (Å²) in [6.07, 6.45) is 5.07. The fourth-order valence-corrected chi connectivity index (χ4v) is 6.33. The first kappa shape index (κ1) is 15.2. The first-order valence-corrected chi connectivity index (χ1v) is 8.96. The first-order chi connectivity index (χ1) is 8.24. The summed E-state index contributed by atoms with van der Waals surface area (Å²) < 4.78 is 18.0. The molecule has 0 radical (unpaired) electrons. The molecule has 4 heteroatoms. The van der Waals surface area contributed by atoms with Crippen LogP contribution < -0.4 is 0 Å². The standard InChI is InChI=1S/C13H28O3Si/c1-5-9-12-10-11-13(12)17(14-6-2,15-7-3)16-8-4/h12-13H,5-11H2,1-4H3. The van der Waals surface area contributed by atoms with Crippen LogP contribution in [0.15, 0.2) is 0 Å². The molecule has 1 aliphatic carbocycles. The lowest BCUT2D eigenvalue weighted by atomic mass is 9.81. The van der Waals surface area contributed by atoms with Crippen molar-refractivity contribution in [3.8, 4) is 0 Å². The third-order valence-corrected chi connectivity index (χ3v) is 7.31. The van der Waals surface area contributed by atoms with E-state index in [9.17, 15) is 0 Å². The molecule has 1 saturated carbocycles. The van der Waals surface area contributed by atoms with Crippen LogP contribution in [0.4, 0.5) is 0 Å². The van der Waals surface area contributed by atoms with Crippen LogP contribution in [-0.4, -0.2) is 28.6 Å². The van der Waals surface area contributed by atoms with Crippen LogP contribution in [0.25, 0.3) is 0 Å². The second-order valence-corrected chi connectivity index (χ2v) is 7.45. The normalized spacial score (nSPS) is 24.7. The van der Waals surface area contributed by atoms with Crippen molar-refractivity contribution < 1.29 is 13.3 Å². The van der Waals surface area contributed by atoms with E-state index >= 15 is 0 Å². The van der Waals surface area contributed by atoms with Crippen LogP contribution in [-0.2, 0) is 13.3 Å². The maximum absolute atomic E-state index is 5.99. The molecule has 17 heavy (non-hydrogen) atoms. The van der Waals surface area contributed by atoms with Gasteiger partial charge in [0.15, 0.2) is 0 Å². The molecule has 2 unspecified atom stereocenters. The minimum atomic E-state index is -2.41. The van der Waals surface area contributed by atoms with Crippen LogP contribution in [0.3, 0.4) is 0 Å². The molecule has 3 nitrogen and oxygen atoms in total. The Kier molecular flexibility index (Phi) is 6.70. The summed E-state index contributed by atoms with van der Waals surface area (Å²) in [5.74, 6) is 0.760. The van der Waals surface area contributed by atoms with E-state index in [1.807, 2.05) is 20.8 Å². The smallest absolute Gasteiger partial charge is 0.374 e.